The van der Waals surface area contributed by atoms with Crippen LogP contribution in [0.1, 0.15) is 6.92 Å². The Morgan fingerprint density at radius 2 is 2.29 bits per heavy atom. The third-order valence-corrected chi connectivity index (χ3v) is 2.78. The fraction of sp³-hybridized carbons (Fsp3) is 0.857. The number of thioether (sulfide) groups is 1. The molecule has 0 spiro atoms. The van der Waals surface area contributed by atoms with Crippen LogP contribution in [0.3, 0.4) is 0 Å². The summed E-state index contributed by atoms with van der Waals surface area (Å²) >= 11 is 1.26. The molecule has 82 valence electrons. The van der Waals surface area contributed by atoms with Gasteiger partial charge in [-0.3, -0.25) is 4.99 Å². The van der Waals surface area contributed by atoms with Crippen LogP contribution in [-0.2, 0) is 0 Å². The average molecular weight is 230 g/mol. The highest BCUT2D eigenvalue weighted by Crippen LogP contribution is 2.24. The molecule has 1 heterocycles. The van der Waals surface area contributed by atoms with E-state index in [9.17, 15) is 17.6 Å². The number of nitrogens with one attached hydrogen (secondary N) is 1. The molecule has 14 heavy (non-hydrogen) atoms. The maximum Gasteiger partial charge on any atom is 0.326 e. The second-order valence-electron chi connectivity index (χ2n) is 3.04. The summed E-state index contributed by atoms with van der Waals surface area (Å²) in [4.78, 5) is 3.41. The van der Waals surface area contributed by atoms with Crippen molar-refractivity contribution in [3.63, 3.8) is 0 Å². The Kier molecular flexibility index (Phi) is 3.63. The zero-order valence-electron chi connectivity index (χ0n) is 7.44. The van der Waals surface area contributed by atoms with E-state index in [2.05, 4.69) is 10.3 Å². The summed E-state index contributed by atoms with van der Waals surface area (Å²) in [6.07, 6.45) is -3.66. The Morgan fingerprint density at radius 3 is 2.71 bits per heavy atom. The predicted octanol–water partition coefficient (Wildman–Crippen LogP) is 1.97. The van der Waals surface area contributed by atoms with Crippen molar-refractivity contribution in [2.45, 2.75) is 25.3 Å². The third-order valence-electron chi connectivity index (χ3n) is 1.59. The van der Waals surface area contributed by atoms with Gasteiger partial charge in [-0.05, 0) is 6.92 Å². The summed E-state index contributed by atoms with van der Waals surface area (Å²) in [6.45, 7) is 0.702. The van der Waals surface area contributed by atoms with Gasteiger partial charge in [0.15, 0.2) is 5.17 Å². The first kappa shape index (κ1) is 11.6. The number of aliphatic imine (C=N–C) groups is 1. The van der Waals surface area contributed by atoms with Crippen molar-refractivity contribution in [1.82, 2.24) is 5.32 Å². The molecule has 1 aliphatic heterocycles. The van der Waals surface area contributed by atoms with E-state index in [4.69, 9.17) is 0 Å². The average Bonchev–Trinajstić information content (AvgIpc) is 2.48. The van der Waals surface area contributed by atoms with Crippen molar-refractivity contribution >= 4 is 16.9 Å². The molecule has 7 heteroatoms. The minimum absolute atomic E-state index is 0.152. The molecule has 1 aliphatic rings. The van der Waals surface area contributed by atoms with Crippen LogP contribution in [0.4, 0.5) is 17.6 Å². The summed E-state index contributed by atoms with van der Waals surface area (Å²) in [6, 6.07) is 0.152. The molecule has 1 unspecified atom stereocenters. The Balaban J connectivity index is 2.46. The number of halogens is 4. The summed E-state index contributed by atoms with van der Waals surface area (Å²) in [5, 5.41) is 3.12. The predicted molar refractivity (Wildman–Crippen MR) is 48.3 cm³/mol. The third kappa shape index (κ3) is 3.04. The Morgan fingerprint density at radius 1 is 1.64 bits per heavy atom. The first-order valence-electron chi connectivity index (χ1n) is 4.01. The van der Waals surface area contributed by atoms with Gasteiger partial charge in [-0.15, -0.1) is 0 Å². The first-order chi connectivity index (χ1) is 6.42. The molecule has 0 saturated carbocycles. The van der Waals surface area contributed by atoms with Crippen LogP contribution >= 0.6 is 11.8 Å². The fourth-order valence-electron chi connectivity index (χ4n) is 0.836. The van der Waals surface area contributed by atoms with E-state index in [0.29, 0.717) is 5.17 Å². The summed E-state index contributed by atoms with van der Waals surface area (Å²) in [5.41, 5.74) is 0. The maximum absolute atomic E-state index is 12.4. The van der Waals surface area contributed by atoms with Crippen LogP contribution in [0.25, 0.3) is 0 Å². The molecular formula is C7H10F4N2S. The molecule has 0 aromatic rings. The van der Waals surface area contributed by atoms with E-state index in [0.717, 1.165) is 5.75 Å². The highest BCUT2D eigenvalue weighted by Gasteiger charge is 2.40. The number of hydrogen-bond acceptors (Lipinski definition) is 2. The Bertz CT molecular complexity index is 232. The van der Waals surface area contributed by atoms with Gasteiger partial charge in [-0.1, -0.05) is 11.8 Å². The Labute approximate surface area is 83.2 Å². The lowest BCUT2D eigenvalue weighted by Gasteiger charge is -2.12. The molecule has 0 radical (unpaired) electrons. The second-order valence-corrected chi connectivity index (χ2v) is 4.05. The van der Waals surface area contributed by atoms with Crippen LogP contribution in [0.15, 0.2) is 4.99 Å². The molecule has 0 aliphatic carbocycles. The lowest BCUT2D eigenvalue weighted by Crippen LogP contribution is -2.31. The van der Waals surface area contributed by atoms with Crippen molar-refractivity contribution in [1.29, 1.82) is 0 Å². The van der Waals surface area contributed by atoms with Crippen LogP contribution in [0, 0.1) is 0 Å². The van der Waals surface area contributed by atoms with Crippen LogP contribution in [0.2, 0.25) is 0 Å². The SMILES string of the molecule is CC1CSC(=NCC(F)(F)C(F)F)N1. The van der Waals surface area contributed by atoms with Gasteiger partial charge in [0.05, 0.1) is 0 Å². The molecule has 1 atom stereocenters. The van der Waals surface area contributed by atoms with Crippen molar-refractivity contribution in [3.8, 4) is 0 Å². The standard InChI is InChI=1S/C7H10F4N2S/c1-4-2-14-6(13-4)12-3-7(10,11)5(8)9/h4-5H,2-3H2,1H3,(H,12,13). The molecule has 0 aromatic carbocycles. The monoisotopic (exact) mass is 230 g/mol. The van der Waals surface area contributed by atoms with Gasteiger partial charge < -0.3 is 5.32 Å². The molecule has 2 nitrogen and oxygen atoms in total. The van der Waals surface area contributed by atoms with E-state index in [1.807, 2.05) is 6.92 Å². The lowest BCUT2D eigenvalue weighted by atomic mass is 10.3. The minimum atomic E-state index is -4.03. The lowest BCUT2D eigenvalue weighted by molar-refractivity contribution is -0.119. The van der Waals surface area contributed by atoms with Crippen molar-refractivity contribution in [2.75, 3.05) is 12.3 Å². The molecule has 1 N–H and O–H groups in total. The van der Waals surface area contributed by atoms with Gasteiger partial charge in [-0.2, -0.15) is 8.78 Å². The van der Waals surface area contributed by atoms with E-state index < -0.39 is 18.9 Å². The van der Waals surface area contributed by atoms with Crippen LogP contribution < -0.4 is 5.32 Å². The molecular weight excluding hydrogens is 220 g/mol. The highest BCUT2D eigenvalue weighted by molar-refractivity contribution is 8.14. The molecule has 1 fully saturated rings. The smallest absolute Gasteiger partial charge is 0.326 e. The number of amidine groups is 1. The molecule has 1 rings (SSSR count). The number of alkyl halides is 4. The topological polar surface area (TPSA) is 24.4 Å². The zero-order valence-corrected chi connectivity index (χ0v) is 8.25. The van der Waals surface area contributed by atoms with Gasteiger partial charge in [0, 0.05) is 11.8 Å². The van der Waals surface area contributed by atoms with E-state index >= 15 is 0 Å². The number of rotatable bonds is 3. The van der Waals surface area contributed by atoms with Crippen LogP contribution in [0.5, 0.6) is 0 Å². The highest BCUT2D eigenvalue weighted by atomic mass is 32.2. The van der Waals surface area contributed by atoms with Crippen molar-refractivity contribution in [2.24, 2.45) is 4.99 Å². The minimum Gasteiger partial charge on any atom is -0.362 e. The van der Waals surface area contributed by atoms with Gasteiger partial charge in [0.1, 0.15) is 6.54 Å². The van der Waals surface area contributed by atoms with E-state index in [-0.39, 0.29) is 6.04 Å². The van der Waals surface area contributed by atoms with Gasteiger partial charge in [0.25, 0.3) is 0 Å². The summed E-state index contributed by atoms with van der Waals surface area (Å²) in [5.74, 6) is -3.31. The normalized spacial score (nSPS) is 25.9. The number of nitrogens with zero attached hydrogens (tertiary/aromatic N) is 1. The van der Waals surface area contributed by atoms with E-state index in [1.54, 1.807) is 0 Å². The first-order valence-corrected chi connectivity index (χ1v) is 5.00. The molecule has 0 aromatic heterocycles. The largest absolute Gasteiger partial charge is 0.362 e. The van der Waals surface area contributed by atoms with Crippen molar-refractivity contribution in [3.05, 3.63) is 0 Å². The van der Waals surface area contributed by atoms with Gasteiger partial charge in [0.2, 0.25) is 0 Å². The van der Waals surface area contributed by atoms with E-state index in [1.165, 1.54) is 11.8 Å². The molecule has 0 amide bonds. The number of hydrogen-bond donors (Lipinski definition) is 1. The van der Waals surface area contributed by atoms with Gasteiger partial charge >= 0.3 is 12.3 Å². The summed E-state index contributed by atoms with van der Waals surface area (Å²) < 4.78 is 48.2. The van der Waals surface area contributed by atoms with Gasteiger partial charge in [-0.25, -0.2) is 8.78 Å². The fourth-order valence-corrected chi connectivity index (χ4v) is 1.77. The summed E-state index contributed by atoms with van der Waals surface area (Å²) in [7, 11) is 0. The van der Waals surface area contributed by atoms with Crippen LogP contribution in [-0.4, -0.2) is 35.9 Å². The van der Waals surface area contributed by atoms with Crippen molar-refractivity contribution < 1.29 is 17.6 Å². The molecule has 0 bridgehead atoms. The quantitative estimate of drug-likeness (QED) is 0.749. The zero-order chi connectivity index (χ0) is 10.8. The molecule has 1 saturated heterocycles. The second kappa shape index (κ2) is 4.37. The Hall–Kier alpha value is -0.460. The maximum atomic E-state index is 12.4.